The molecule has 0 bridgehead atoms. The zero-order valence-corrected chi connectivity index (χ0v) is 18.2. The Morgan fingerprint density at radius 2 is 1.76 bits per heavy atom. The molecular formula is C20H24ClN3O4S. The van der Waals surface area contributed by atoms with Crippen LogP contribution in [0.1, 0.15) is 10.4 Å². The van der Waals surface area contributed by atoms with Gasteiger partial charge in [0, 0.05) is 33.2 Å². The zero-order valence-electron chi connectivity index (χ0n) is 16.6. The van der Waals surface area contributed by atoms with Gasteiger partial charge in [0.05, 0.1) is 35.3 Å². The third-order valence-corrected chi connectivity index (χ3v) is 6.57. The predicted molar refractivity (Wildman–Crippen MR) is 116 cm³/mol. The van der Waals surface area contributed by atoms with Gasteiger partial charge in [0.25, 0.3) is 5.91 Å². The highest BCUT2D eigenvalue weighted by molar-refractivity contribution is 7.92. The fourth-order valence-electron chi connectivity index (χ4n) is 3.28. The second-order valence-electron chi connectivity index (χ2n) is 6.85. The van der Waals surface area contributed by atoms with Gasteiger partial charge in [-0.3, -0.25) is 9.10 Å². The SMILES string of the molecule is COc1ccccc1N1CCN(C(=O)c2cc(N(C)S(C)(=O)=O)ccc2Cl)CC1. The normalized spacial score (nSPS) is 14.6. The minimum atomic E-state index is -3.43. The molecule has 0 saturated carbocycles. The van der Waals surface area contributed by atoms with Crippen molar-refractivity contribution < 1.29 is 17.9 Å². The van der Waals surface area contributed by atoms with Crippen LogP contribution in [-0.4, -0.2) is 65.8 Å². The highest BCUT2D eigenvalue weighted by atomic mass is 35.5. The molecule has 0 aliphatic carbocycles. The van der Waals surface area contributed by atoms with Crippen LogP contribution in [0.2, 0.25) is 5.02 Å². The van der Waals surface area contributed by atoms with Crippen molar-refractivity contribution in [3.05, 3.63) is 53.1 Å². The van der Waals surface area contributed by atoms with Crippen molar-refractivity contribution in [3.63, 3.8) is 0 Å². The van der Waals surface area contributed by atoms with Gasteiger partial charge in [-0.25, -0.2) is 8.42 Å². The maximum Gasteiger partial charge on any atom is 0.255 e. The maximum atomic E-state index is 13.0. The van der Waals surface area contributed by atoms with Crippen LogP contribution in [0.3, 0.4) is 0 Å². The van der Waals surface area contributed by atoms with E-state index in [2.05, 4.69) is 4.90 Å². The van der Waals surface area contributed by atoms with Crippen LogP contribution in [0.15, 0.2) is 42.5 Å². The molecule has 0 atom stereocenters. The van der Waals surface area contributed by atoms with Gasteiger partial charge in [0.1, 0.15) is 5.75 Å². The highest BCUT2D eigenvalue weighted by Crippen LogP contribution is 2.29. The molecule has 2 aromatic rings. The fourth-order valence-corrected chi connectivity index (χ4v) is 3.97. The number of methoxy groups -OCH3 is 1. The fraction of sp³-hybridized carbons (Fsp3) is 0.350. The van der Waals surface area contributed by atoms with E-state index in [-0.39, 0.29) is 5.91 Å². The standard InChI is InChI=1S/C20H24ClN3O4S/c1-22(29(3,26)27)15-8-9-17(21)16(14-15)20(25)24-12-10-23(11-13-24)18-6-4-5-7-19(18)28-2/h4-9,14H,10-13H2,1-3H3. The third-order valence-electron chi connectivity index (χ3n) is 5.03. The number of benzene rings is 2. The first kappa shape index (κ1) is 21.3. The average Bonchev–Trinajstić information content (AvgIpc) is 2.72. The molecule has 0 aromatic heterocycles. The molecular weight excluding hydrogens is 414 g/mol. The summed E-state index contributed by atoms with van der Waals surface area (Å²) < 4.78 is 30.2. The molecule has 0 unspecified atom stereocenters. The average molecular weight is 438 g/mol. The minimum Gasteiger partial charge on any atom is -0.495 e. The van der Waals surface area contributed by atoms with Crippen LogP contribution < -0.4 is 13.9 Å². The Bertz CT molecular complexity index is 1000. The molecule has 1 aliphatic rings. The summed E-state index contributed by atoms with van der Waals surface area (Å²) in [6.45, 7) is 2.37. The molecule has 1 saturated heterocycles. The molecule has 1 heterocycles. The second-order valence-corrected chi connectivity index (χ2v) is 9.27. The predicted octanol–water partition coefficient (Wildman–Crippen LogP) is 2.71. The van der Waals surface area contributed by atoms with Crippen molar-refractivity contribution in [2.75, 3.05) is 55.8 Å². The minimum absolute atomic E-state index is 0.210. The molecule has 1 amide bonds. The number of carbonyl (C=O) groups excluding carboxylic acids is 1. The van der Waals surface area contributed by atoms with E-state index in [1.807, 2.05) is 24.3 Å². The summed E-state index contributed by atoms with van der Waals surface area (Å²) >= 11 is 6.25. The number of amides is 1. The van der Waals surface area contributed by atoms with E-state index in [0.717, 1.165) is 22.0 Å². The monoisotopic (exact) mass is 437 g/mol. The summed E-state index contributed by atoms with van der Waals surface area (Å²) in [6.07, 6.45) is 1.11. The lowest BCUT2D eigenvalue weighted by molar-refractivity contribution is 0.0747. The number of hydrogen-bond acceptors (Lipinski definition) is 5. The molecule has 2 aromatic carbocycles. The number of hydrogen-bond donors (Lipinski definition) is 0. The number of ether oxygens (including phenoxy) is 1. The summed E-state index contributed by atoms with van der Waals surface area (Å²) in [4.78, 5) is 17.0. The summed E-state index contributed by atoms with van der Waals surface area (Å²) in [6, 6.07) is 12.5. The first-order valence-electron chi connectivity index (χ1n) is 9.13. The first-order valence-corrected chi connectivity index (χ1v) is 11.4. The summed E-state index contributed by atoms with van der Waals surface area (Å²) in [5.74, 6) is 0.588. The topological polar surface area (TPSA) is 70.2 Å². The van der Waals surface area contributed by atoms with Crippen molar-refractivity contribution in [1.29, 1.82) is 0 Å². The highest BCUT2D eigenvalue weighted by Gasteiger charge is 2.26. The van der Waals surface area contributed by atoms with E-state index in [9.17, 15) is 13.2 Å². The Labute approximate surface area is 176 Å². The Morgan fingerprint density at radius 1 is 1.10 bits per heavy atom. The molecule has 3 rings (SSSR count). The zero-order chi connectivity index (χ0) is 21.2. The maximum absolute atomic E-state index is 13.0. The lowest BCUT2D eigenvalue weighted by Crippen LogP contribution is -2.49. The summed E-state index contributed by atoms with van der Waals surface area (Å²) in [5, 5.41) is 0.299. The number of sulfonamides is 1. The van der Waals surface area contributed by atoms with Gasteiger partial charge in [0.15, 0.2) is 0 Å². The van der Waals surface area contributed by atoms with E-state index in [1.54, 1.807) is 24.1 Å². The Hall–Kier alpha value is -2.45. The van der Waals surface area contributed by atoms with Gasteiger partial charge in [-0.2, -0.15) is 0 Å². The van der Waals surface area contributed by atoms with Crippen LogP contribution in [0.5, 0.6) is 5.75 Å². The molecule has 1 fully saturated rings. The Kier molecular flexibility index (Phi) is 6.24. The number of rotatable bonds is 5. The third kappa shape index (κ3) is 4.59. The molecule has 0 radical (unpaired) electrons. The number of nitrogens with zero attached hydrogens (tertiary/aromatic N) is 3. The first-order chi connectivity index (χ1) is 13.7. The molecule has 7 nitrogen and oxygen atoms in total. The van der Waals surface area contributed by atoms with Gasteiger partial charge in [0.2, 0.25) is 10.0 Å². The molecule has 0 N–H and O–H groups in total. The molecule has 1 aliphatic heterocycles. The van der Waals surface area contributed by atoms with Crippen LogP contribution >= 0.6 is 11.6 Å². The van der Waals surface area contributed by atoms with E-state index in [1.165, 1.54) is 13.1 Å². The summed E-state index contributed by atoms with van der Waals surface area (Å²) in [7, 11) is -0.350. The van der Waals surface area contributed by atoms with Gasteiger partial charge < -0.3 is 14.5 Å². The van der Waals surface area contributed by atoms with Crippen LogP contribution in [0.4, 0.5) is 11.4 Å². The van der Waals surface area contributed by atoms with E-state index < -0.39 is 10.0 Å². The molecule has 29 heavy (non-hydrogen) atoms. The van der Waals surface area contributed by atoms with Crippen LogP contribution in [0, 0.1) is 0 Å². The van der Waals surface area contributed by atoms with Crippen LogP contribution in [0.25, 0.3) is 0 Å². The second kappa shape index (κ2) is 8.51. The largest absolute Gasteiger partial charge is 0.495 e. The van der Waals surface area contributed by atoms with E-state index >= 15 is 0 Å². The van der Waals surface area contributed by atoms with Gasteiger partial charge in [-0.15, -0.1) is 0 Å². The Balaban J connectivity index is 1.76. The van der Waals surface area contributed by atoms with E-state index in [0.29, 0.717) is 42.5 Å². The number of para-hydroxylation sites is 2. The lowest BCUT2D eigenvalue weighted by Gasteiger charge is -2.36. The smallest absolute Gasteiger partial charge is 0.255 e. The van der Waals surface area contributed by atoms with Crippen molar-refractivity contribution in [1.82, 2.24) is 4.90 Å². The summed E-state index contributed by atoms with van der Waals surface area (Å²) in [5.41, 5.74) is 1.69. The van der Waals surface area contributed by atoms with Gasteiger partial charge in [-0.05, 0) is 30.3 Å². The van der Waals surface area contributed by atoms with Crippen molar-refractivity contribution in [2.45, 2.75) is 0 Å². The lowest BCUT2D eigenvalue weighted by atomic mass is 10.1. The van der Waals surface area contributed by atoms with Crippen LogP contribution in [-0.2, 0) is 10.0 Å². The Morgan fingerprint density at radius 3 is 2.38 bits per heavy atom. The van der Waals surface area contributed by atoms with Gasteiger partial charge >= 0.3 is 0 Å². The van der Waals surface area contributed by atoms with Crippen molar-refractivity contribution >= 4 is 38.9 Å². The quantitative estimate of drug-likeness (QED) is 0.719. The molecule has 156 valence electrons. The molecule has 9 heteroatoms. The van der Waals surface area contributed by atoms with Crippen molar-refractivity contribution in [3.8, 4) is 5.75 Å². The molecule has 0 spiro atoms. The van der Waals surface area contributed by atoms with Crippen molar-refractivity contribution in [2.24, 2.45) is 0 Å². The number of halogens is 1. The number of anilines is 2. The van der Waals surface area contributed by atoms with Gasteiger partial charge in [-0.1, -0.05) is 23.7 Å². The number of piperazine rings is 1. The number of carbonyl (C=O) groups is 1. The van der Waals surface area contributed by atoms with E-state index in [4.69, 9.17) is 16.3 Å².